The summed E-state index contributed by atoms with van der Waals surface area (Å²) in [5.41, 5.74) is 1.45. The highest BCUT2D eigenvalue weighted by molar-refractivity contribution is 5.31. The zero-order chi connectivity index (χ0) is 16.3. The van der Waals surface area contributed by atoms with Crippen molar-refractivity contribution in [2.75, 3.05) is 0 Å². The highest BCUT2D eigenvalue weighted by Crippen LogP contribution is 2.51. The molecule has 5 rings (SSSR count). The molecule has 1 saturated carbocycles. The lowest BCUT2D eigenvalue weighted by Gasteiger charge is -2.24. The summed E-state index contributed by atoms with van der Waals surface area (Å²) in [5, 5.41) is 0. The van der Waals surface area contributed by atoms with Crippen LogP contribution >= 0.6 is 0 Å². The first-order chi connectivity index (χ1) is 11.8. The molecule has 0 radical (unpaired) electrons. The summed E-state index contributed by atoms with van der Waals surface area (Å²) < 4.78 is 4.67. The third-order valence-corrected chi connectivity index (χ3v) is 5.41. The van der Waals surface area contributed by atoms with Crippen molar-refractivity contribution in [3.8, 4) is 5.69 Å². The predicted octanol–water partition coefficient (Wildman–Crippen LogP) is 2.47. The molecule has 1 aromatic heterocycles. The summed E-state index contributed by atoms with van der Waals surface area (Å²) >= 11 is 0. The topological polar surface area (TPSA) is 48.9 Å². The highest BCUT2D eigenvalue weighted by Gasteiger charge is 2.47. The molecular weight excluding hydrogens is 302 g/mol. The Bertz CT molecular complexity index is 1010. The molecule has 3 aromatic rings. The van der Waals surface area contributed by atoms with Crippen molar-refractivity contribution in [2.45, 2.75) is 30.8 Å². The number of hydrogen-bond donors (Lipinski definition) is 0. The summed E-state index contributed by atoms with van der Waals surface area (Å²) in [5.74, 6) is 0.305. The number of hydrogen-bond acceptors (Lipinski definition) is 2. The maximum atomic E-state index is 13.0. The molecule has 5 nitrogen and oxygen atoms in total. The summed E-state index contributed by atoms with van der Waals surface area (Å²) in [7, 11) is 0. The first-order valence-electron chi connectivity index (χ1n) is 8.32. The molecule has 2 aliphatic rings. The second-order valence-electron chi connectivity index (χ2n) is 6.63. The first-order valence-corrected chi connectivity index (χ1v) is 8.32. The lowest BCUT2D eigenvalue weighted by atomic mass is 9.93. The van der Waals surface area contributed by atoms with E-state index in [2.05, 4.69) is 12.1 Å². The van der Waals surface area contributed by atoms with Gasteiger partial charge in [0.05, 0.1) is 17.8 Å². The number of rotatable bonds is 2. The molecule has 2 aromatic carbocycles. The number of nitrogens with zero attached hydrogens (tertiary/aromatic N) is 3. The summed E-state index contributed by atoms with van der Waals surface area (Å²) in [6.07, 6.45) is 1.80. The summed E-state index contributed by atoms with van der Waals surface area (Å²) in [6.45, 7) is 0. The largest absolute Gasteiger partial charge is 0.352 e. The minimum atomic E-state index is -0.223. The van der Waals surface area contributed by atoms with Crippen LogP contribution in [-0.4, -0.2) is 13.9 Å². The van der Waals surface area contributed by atoms with Gasteiger partial charge in [0, 0.05) is 5.92 Å². The van der Waals surface area contributed by atoms with Crippen molar-refractivity contribution in [3.63, 3.8) is 0 Å². The molecule has 3 atom stereocenters. The number of aromatic nitrogens is 3. The fraction of sp³-hybridized carbons (Fsp3) is 0.263. The van der Waals surface area contributed by atoms with Gasteiger partial charge >= 0.3 is 11.4 Å². The monoisotopic (exact) mass is 319 g/mol. The lowest BCUT2D eigenvalue weighted by Crippen LogP contribution is -2.31. The van der Waals surface area contributed by atoms with E-state index in [0.717, 1.165) is 12.8 Å². The fourth-order valence-corrected chi connectivity index (χ4v) is 4.42. The van der Waals surface area contributed by atoms with Gasteiger partial charge in [0.25, 0.3) is 0 Å². The van der Waals surface area contributed by atoms with Crippen LogP contribution in [0.25, 0.3) is 5.69 Å². The first kappa shape index (κ1) is 13.6. The van der Waals surface area contributed by atoms with Crippen LogP contribution in [0.3, 0.4) is 0 Å². The minimum absolute atomic E-state index is 0.0718. The van der Waals surface area contributed by atoms with Crippen LogP contribution in [0.1, 0.15) is 36.4 Å². The molecule has 1 fully saturated rings. The molecule has 120 valence electrons. The van der Waals surface area contributed by atoms with Crippen LogP contribution in [0, 0.1) is 0 Å². The quantitative estimate of drug-likeness (QED) is 0.728. The van der Waals surface area contributed by atoms with Gasteiger partial charge in [-0.2, -0.15) is 0 Å². The summed E-state index contributed by atoms with van der Waals surface area (Å²) in [6, 6.07) is 19.7. The van der Waals surface area contributed by atoms with Crippen LogP contribution in [0.4, 0.5) is 0 Å². The molecular formula is C19H17N3O2. The maximum Gasteiger partial charge on any atom is 0.352 e. The van der Waals surface area contributed by atoms with E-state index in [-0.39, 0.29) is 23.5 Å². The average Bonchev–Trinajstić information content (AvgIpc) is 3.28. The Labute approximate surface area is 138 Å². The number of para-hydroxylation sites is 1. The van der Waals surface area contributed by atoms with Crippen molar-refractivity contribution in [3.05, 3.63) is 87.2 Å². The Morgan fingerprint density at radius 2 is 1.38 bits per heavy atom. The van der Waals surface area contributed by atoms with Gasteiger partial charge in [-0.3, -0.25) is 0 Å². The lowest BCUT2D eigenvalue weighted by molar-refractivity contribution is 0.337. The van der Waals surface area contributed by atoms with Crippen molar-refractivity contribution < 1.29 is 0 Å². The Balaban J connectivity index is 1.67. The van der Waals surface area contributed by atoms with Gasteiger partial charge in [-0.25, -0.2) is 23.5 Å². The zero-order valence-electron chi connectivity index (χ0n) is 13.1. The smallest absolute Gasteiger partial charge is 0.245 e. The van der Waals surface area contributed by atoms with Crippen molar-refractivity contribution >= 4 is 0 Å². The maximum absolute atomic E-state index is 13.0. The number of benzene rings is 2. The van der Waals surface area contributed by atoms with Crippen LogP contribution in [-0.2, 0) is 0 Å². The molecule has 1 aliphatic heterocycles. The van der Waals surface area contributed by atoms with Gasteiger partial charge in [0.2, 0.25) is 0 Å². The molecule has 0 amide bonds. The Kier molecular flexibility index (Phi) is 2.74. The predicted molar refractivity (Wildman–Crippen MR) is 90.8 cm³/mol. The van der Waals surface area contributed by atoms with E-state index in [1.54, 1.807) is 21.5 Å². The standard InChI is InChI=1S/C19H17N3O2/c23-18-20(14-9-5-2-6-10-14)19(24)22-17-12-15(21(18)22)11-16(17)13-7-3-1-4-8-13/h1-10,15-17H,11-12H2. The second kappa shape index (κ2) is 4.84. The molecule has 0 spiro atoms. The Morgan fingerprint density at radius 3 is 2.08 bits per heavy atom. The third-order valence-electron chi connectivity index (χ3n) is 5.41. The van der Waals surface area contributed by atoms with Crippen molar-refractivity contribution in [2.24, 2.45) is 0 Å². The normalized spacial score (nSPS) is 24.2. The van der Waals surface area contributed by atoms with Gasteiger partial charge in [0.15, 0.2) is 0 Å². The average molecular weight is 319 g/mol. The number of fused-ring (bicyclic) bond motifs is 5. The van der Waals surface area contributed by atoms with Gasteiger partial charge in [-0.05, 0) is 30.5 Å². The van der Waals surface area contributed by atoms with Crippen LogP contribution in [0.2, 0.25) is 0 Å². The molecule has 2 heterocycles. The van der Waals surface area contributed by atoms with Crippen molar-refractivity contribution in [1.82, 2.24) is 13.9 Å². The highest BCUT2D eigenvalue weighted by atomic mass is 16.2. The zero-order valence-corrected chi connectivity index (χ0v) is 13.1. The van der Waals surface area contributed by atoms with E-state index < -0.39 is 0 Å². The third kappa shape index (κ3) is 1.69. The minimum Gasteiger partial charge on any atom is -0.245 e. The van der Waals surface area contributed by atoms with E-state index in [0.29, 0.717) is 11.6 Å². The second-order valence-corrected chi connectivity index (χ2v) is 6.63. The van der Waals surface area contributed by atoms with Gasteiger partial charge in [0.1, 0.15) is 0 Å². The van der Waals surface area contributed by atoms with E-state index in [9.17, 15) is 9.59 Å². The van der Waals surface area contributed by atoms with E-state index >= 15 is 0 Å². The van der Waals surface area contributed by atoms with Crippen molar-refractivity contribution in [1.29, 1.82) is 0 Å². The van der Waals surface area contributed by atoms with Crippen LogP contribution in [0.5, 0.6) is 0 Å². The van der Waals surface area contributed by atoms with Crippen LogP contribution < -0.4 is 11.4 Å². The fourth-order valence-electron chi connectivity index (χ4n) is 4.42. The molecule has 3 unspecified atom stereocenters. The summed E-state index contributed by atoms with van der Waals surface area (Å²) in [4.78, 5) is 25.8. The Morgan fingerprint density at radius 1 is 0.750 bits per heavy atom. The molecule has 1 aliphatic carbocycles. The molecule has 24 heavy (non-hydrogen) atoms. The molecule has 0 N–H and O–H groups in total. The van der Waals surface area contributed by atoms with Gasteiger partial charge in [-0.1, -0.05) is 48.5 Å². The van der Waals surface area contributed by atoms with E-state index in [1.807, 2.05) is 36.4 Å². The SMILES string of the molecule is O=c1n(-c2ccccc2)c(=O)n2n1C1CC(c3ccccc3)C2C1. The van der Waals surface area contributed by atoms with Gasteiger partial charge < -0.3 is 0 Å². The molecule has 0 saturated heterocycles. The molecule has 2 bridgehead atoms. The van der Waals surface area contributed by atoms with E-state index in [4.69, 9.17) is 0 Å². The molecule has 5 heteroatoms. The van der Waals surface area contributed by atoms with Gasteiger partial charge in [-0.15, -0.1) is 0 Å². The van der Waals surface area contributed by atoms with E-state index in [1.165, 1.54) is 10.1 Å². The Hall–Kier alpha value is -2.82. The van der Waals surface area contributed by atoms with Crippen LogP contribution in [0.15, 0.2) is 70.3 Å².